The maximum Gasteiger partial charge on any atom is 0.108 e. The second kappa shape index (κ2) is 2.72. The zero-order chi connectivity index (χ0) is 9.81. The van der Waals surface area contributed by atoms with Gasteiger partial charge in [-0.15, -0.1) is 0 Å². The van der Waals surface area contributed by atoms with Crippen molar-refractivity contribution in [3.05, 3.63) is 0 Å². The number of hydrogen-bond acceptors (Lipinski definition) is 1. The topological polar surface area (TPSA) is 3.24 Å². The van der Waals surface area contributed by atoms with Crippen LogP contribution in [-0.4, -0.2) is 29.7 Å². The van der Waals surface area contributed by atoms with E-state index in [4.69, 9.17) is 0 Å². The summed E-state index contributed by atoms with van der Waals surface area (Å²) in [6.07, 6.45) is 6.76. The third-order valence-electron chi connectivity index (χ3n) is 4.73. The van der Waals surface area contributed by atoms with Gasteiger partial charge in [-0.3, -0.25) is 4.90 Å². The molecule has 14 heavy (non-hydrogen) atoms. The lowest BCUT2D eigenvalue weighted by Gasteiger charge is -2.31. The van der Waals surface area contributed by atoms with Crippen molar-refractivity contribution in [1.82, 2.24) is 4.90 Å². The van der Waals surface area contributed by atoms with Gasteiger partial charge in [-0.2, -0.15) is 0 Å². The lowest BCUT2D eigenvalue weighted by atomic mass is 9.85. The Bertz CT molecular complexity index is 255. The van der Waals surface area contributed by atoms with Gasteiger partial charge in [0.1, 0.15) is 6.17 Å². The first-order valence-corrected chi connectivity index (χ1v) is 6.10. The molecule has 0 radical (unpaired) electrons. The Hall–Kier alpha value is -0.110. The molecular formula is C12H20FN. The minimum atomic E-state index is -0.471. The van der Waals surface area contributed by atoms with Crippen molar-refractivity contribution in [3.63, 3.8) is 0 Å². The first-order valence-electron chi connectivity index (χ1n) is 6.10. The predicted molar refractivity (Wildman–Crippen MR) is 55.0 cm³/mol. The van der Waals surface area contributed by atoms with E-state index in [1.165, 1.54) is 32.2 Å². The fraction of sp³-hybridized carbons (Fsp3) is 1.00. The summed E-state index contributed by atoms with van der Waals surface area (Å²) < 4.78 is 13.4. The highest BCUT2D eigenvalue weighted by atomic mass is 19.1. The van der Waals surface area contributed by atoms with Crippen molar-refractivity contribution in [1.29, 1.82) is 0 Å². The molecule has 0 aromatic carbocycles. The maximum absolute atomic E-state index is 13.4. The van der Waals surface area contributed by atoms with E-state index in [0.29, 0.717) is 5.54 Å². The molecule has 0 amide bonds. The summed E-state index contributed by atoms with van der Waals surface area (Å²) in [6, 6.07) is 0. The van der Waals surface area contributed by atoms with Gasteiger partial charge in [-0.1, -0.05) is 13.3 Å². The molecule has 0 unspecified atom stereocenters. The van der Waals surface area contributed by atoms with Crippen LogP contribution in [0.1, 0.15) is 45.4 Å². The normalized spacial score (nSPS) is 51.4. The Morgan fingerprint density at radius 3 is 2.93 bits per heavy atom. The monoisotopic (exact) mass is 197 g/mol. The van der Waals surface area contributed by atoms with Gasteiger partial charge >= 0.3 is 0 Å². The summed E-state index contributed by atoms with van der Waals surface area (Å²) in [5.74, 6) is 0. The van der Waals surface area contributed by atoms with E-state index in [2.05, 4.69) is 11.8 Å². The number of fused-ring (bicyclic) bond motifs is 1. The zero-order valence-corrected chi connectivity index (χ0v) is 9.06. The molecule has 0 aromatic heterocycles. The summed E-state index contributed by atoms with van der Waals surface area (Å²) in [5, 5.41) is 0. The third-order valence-corrected chi connectivity index (χ3v) is 4.73. The van der Waals surface area contributed by atoms with Gasteiger partial charge in [-0.05, 0) is 38.6 Å². The number of alkyl halides is 1. The van der Waals surface area contributed by atoms with Gasteiger partial charge in [0.15, 0.2) is 0 Å². The SMILES string of the molecule is CCC[C@@]12CCCN1C[C@@]1(C[C@H]1F)C2. The van der Waals surface area contributed by atoms with Crippen molar-refractivity contribution in [3.8, 4) is 0 Å². The Kier molecular flexibility index (Phi) is 1.77. The molecule has 3 atom stereocenters. The third kappa shape index (κ3) is 1.04. The minimum absolute atomic E-state index is 0.121. The molecule has 2 saturated heterocycles. The van der Waals surface area contributed by atoms with Crippen LogP contribution in [-0.2, 0) is 0 Å². The quantitative estimate of drug-likeness (QED) is 0.658. The predicted octanol–water partition coefficient (Wildman–Crippen LogP) is 2.75. The number of nitrogens with zero attached hydrogens (tertiary/aromatic N) is 1. The average Bonchev–Trinajstić information content (AvgIpc) is 2.48. The van der Waals surface area contributed by atoms with Crippen molar-refractivity contribution in [2.45, 2.75) is 57.2 Å². The minimum Gasteiger partial charge on any atom is -0.297 e. The van der Waals surface area contributed by atoms with Crippen LogP contribution in [0.2, 0.25) is 0 Å². The van der Waals surface area contributed by atoms with E-state index in [0.717, 1.165) is 19.4 Å². The maximum atomic E-state index is 13.4. The second-order valence-corrected chi connectivity index (χ2v) is 5.71. The van der Waals surface area contributed by atoms with E-state index in [1.807, 2.05) is 0 Å². The molecule has 2 heterocycles. The van der Waals surface area contributed by atoms with Gasteiger partial charge in [0.25, 0.3) is 0 Å². The smallest absolute Gasteiger partial charge is 0.108 e. The molecular weight excluding hydrogens is 177 g/mol. The van der Waals surface area contributed by atoms with Crippen LogP contribution in [0.25, 0.3) is 0 Å². The van der Waals surface area contributed by atoms with E-state index in [-0.39, 0.29) is 5.41 Å². The highest BCUT2D eigenvalue weighted by Gasteiger charge is 2.65. The van der Waals surface area contributed by atoms with Crippen molar-refractivity contribution in [2.24, 2.45) is 5.41 Å². The van der Waals surface area contributed by atoms with E-state index < -0.39 is 6.17 Å². The molecule has 2 aliphatic heterocycles. The fourth-order valence-electron chi connectivity index (χ4n) is 4.01. The molecule has 2 heteroatoms. The lowest BCUT2D eigenvalue weighted by molar-refractivity contribution is 0.181. The summed E-state index contributed by atoms with van der Waals surface area (Å²) in [5.41, 5.74) is 0.547. The van der Waals surface area contributed by atoms with Crippen LogP contribution in [0.4, 0.5) is 4.39 Å². The average molecular weight is 197 g/mol. The van der Waals surface area contributed by atoms with Crippen LogP contribution in [0.5, 0.6) is 0 Å². The molecule has 1 saturated carbocycles. The Balaban J connectivity index is 1.81. The summed E-state index contributed by atoms with van der Waals surface area (Å²) in [7, 11) is 0. The van der Waals surface area contributed by atoms with Gasteiger partial charge in [0.2, 0.25) is 0 Å². The highest BCUT2D eigenvalue weighted by Crippen LogP contribution is 2.62. The Labute approximate surface area is 85.7 Å². The molecule has 1 spiro atoms. The van der Waals surface area contributed by atoms with Crippen LogP contribution in [0, 0.1) is 5.41 Å². The van der Waals surface area contributed by atoms with Crippen molar-refractivity contribution >= 4 is 0 Å². The molecule has 1 nitrogen and oxygen atoms in total. The first-order chi connectivity index (χ1) is 6.71. The molecule has 0 N–H and O–H groups in total. The van der Waals surface area contributed by atoms with Gasteiger partial charge in [0.05, 0.1) is 0 Å². The molecule has 0 aromatic rings. The van der Waals surface area contributed by atoms with Gasteiger partial charge in [-0.25, -0.2) is 4.39 Å². The van der Waals surface area contributed by atoms with Crippen LogP contribution in [0.3, 0.4) is 0 Å². The fourth-order valence-corrected chi connectivity index (χ4v) is 4.01. The highest BCUT2D eigenvalue weighted by molar-refractivity contribution is 5.18. The Morgan fingerprint density at radius 2 is 2.29 bits per heavy atom. The molecule has 3 aliphatic rings. The molecule has 0 bridgehead atoms. The number of halogens is 1. The number of hydrogen-bond donors (Lipinski definition) is 0. The Morgan fingerprint density at radius 1 is 1.50 bits per heavy atom. The lowest BCUT2D eigenvalue weighted by Crippen LogP contribution is -2.37. The van der Waals surface area contributed by atoms with Crippen molar-refractivity contribution in [2.75, 3.05) is 13.1 Å². The molecule has 1 aliphatic carbocycles. The van der Waals surface area contributed by atoms with Crippen molar-refractivity contribution < 1.29 is 4.39 Å². The van der Waals surface area contributed by atoms with Gasteiger partial charge in [0, 0.05) is 17.5 Å². The largest absolute Gasteiger partial charge is 0.297 e. The summed E-state index contributed by atoms with van der Waals surface area (Å²) in [6.45, 7) is 4.55. The molecule has 80 valence electrons. The number of rotatable bonds is 2. The summed E-state index contributed by atoms with van der Waals surface area (Å²) in [4.78, 5) is 2.61. The van der Waals surface area contributed by atoms with Crippen LogP contribution >= 0.6 is 0 Å². The summed E-state index contributed by atoms with van der Waals surface area (Å²) >= 11 is 0. The van der Waals surface area contributed by atoms with Gasteiger partial charge < -0.3 is 0 Å². The zero-order valence-electron chi connectivity index (χ0n) is 9.06. The van der Waals surface area contributed by atoms with E-state index >= 15 is 0 Å². The molecule has 3 rings (SSSR count). The van der Waals surface area contributed by atoms with E-state index in [1.54, 1.807) is 0 Å². The second-order valence-electron chi connectivity index (χ2n) is 5.71. The first kappa shape index (κ1) is 9.14. The van der Waals surface area contributed by atoms with E-state index in [9.17, 15) is 4.39 Å². The molecule has 3 fully saturated rings. The standard InChI is InChI=1S/C12H20FN/c1-2-4-12-5-3-6-14(12)9-11(8-12)7-10(11)13/h10H,2-9H2,1H3/t10-,11-,12+/m1/s1. The van der Waals surface area contributed by atoms with Crippen LogP contribution in [0.15, 0.2) is 0 Å². The van der Waals surface area contributed by atoms with Crippen LogP contribution < -0.4 is 0 Å².